The molecule has 0 spiro atoms. The van der Waals surface area contributed by atoms with E-state index in [0.29, 0.717) is 108 Å². The lowest BCUT2D eigenvalue weighted by Crippen LogP contribution is -2.53. The van der Waals surface area contributed by atoms with Crippen molar-refractivity contribution >= 4 is 114 Å². The minimum Gasteiger partial charge on any atom is -0.496 e. The number of likely N-dealkylation sites (tertiary alicyclic amines) is 4. The first-order chi connectivity index (χ1) is 62.3. The lowest BCUT2D eigenvalue weighted by atomic mass is 9.90. The van der Waals surface area contributed by atoms with Crippen LogP contribution in [0.15, 0.2) is 193 Å². The van der Waals surface area contributed by atoms with Crippen molar-refractivity contribution in [2.45, 2.75) is 149 Å². The van der Waals surface area contributed by atoms with Gasteiger partial charge >= 0.3 is 30.1 Å². The molecule has 6 aromatic carbocycles. The van der Waals surface area contributed by atoms with E-state index in [0.717, 1.165) is 66.0 Å². The van der Waals surface area contributed by atoms with Crippen molar-refractivity contribution in [2.24, 2.45) is 23.7 Å². The number of fused-ring (bicyclic) bond motifs is 4. The Hall–Kier alpha value is -12.9. The number of para-hydroxylation sites is 1. The van der Waals surface area contributed by atoms with Gasteiger partial charge in [-0.3, -0.25) is 48.7 Å². The van der Waals surface area contributed by atoms with Crippen LogP contribution >= 0.6 is 22.7 Å². The predicted molar refractivity (Wildman–Crippen MR) is 483 cm³/mol. The third-order valence-electron chi connectivity index (χ3n) is 24.8. The Bertz CT molecular complexity index is 6220. The third-order valence-corrected chi connectivity index (χ3v) is 26.7. The number of halogens is 3. The fraction of sp³-hybridized carbons (Fsp3) is 0.360. The second-order valence-electron chi connectivity index (χ2n) is 33.8. The largest absolute Gasteiger partial charge is 0.496 e. The smallest absolute Gasteiger partial charge is 0.417 e. The average Bonchev–Trinajstić information content (AvgIpc) is 1.43. The van der Waals surface area contributed by atoms with Crippen LogP contribution in [0.3, 0.4) is 0 Å². The maximum absolute atomic E-state index is 15.8. The fourth-order valence-electron chi connectivity index (χ4n) is 18.4. The molecule has 0 aliphatic carbocycles. The molecule has 6 aromatic heterocycles. The molecule has 0 bridgehead atoms. The molecule has 12 aromatic rings. The molecular weight excluding hydrogens is 1690 g/mol. The Morgan fingerprint density at radius 1 is 0.426 bits per heavy atom. The van der Waals surface area contributed by atoms with Crippen LogP contribution in [0.4, 0.5) is 13.2 Å². The zero-order valence-electron chi connectivity index (χ0n) is 72.5. The number of alkyl halides is 3. The molecule has 129 heavy (non-hydrogen) atoms. The normalized spacial score (nSPS) is 18.2. The Labute approximate surface area is 751 Å². The Balaban J connectivity index is 0.641. The molecule has 29 heteroatoms. The Morgan fingerprint density at radius 3 is 1.27 bits per heavy atom. The minimum atomic E-state index is -4.62. The van der Waals surface area contributed by atoms with Crippen LogP contribution in [0.2, 0.25) is 0 Å². The molecule has 4 saturated heterocycles. The van der Waals surface area contributed by atoms with Crippen LogP contribution < -0.4 is 23.7 Å². The summed E-state index contributed by atoms with van der Waals surface area (Å²) in [6, 6.07) is 43.3. The molecule has 2 unspecified atom stereocenters. The first-order valence-electron chi connectivity index (χ1n) is 43.7. The molecule has 4 aliphatic rings. The lowest BCUT2D eigenvalue weighted by Gasteiger charge is -2.39. The van der Waals surface area contributed by atoms with E-state index < -0.39 is 114 Å². The topological polar surface area (TPSA) is 275 Å². The Kier molecular flexibility index (Phi) is 27.3. The summed E-state index contributed by atoms with van der Waals surface area (Å²) in [6.07, 6.45) is -3.67. The van der Waals surface area contributed by atoms with Crippen molar-refractivity contribution in [3.8, 4) is 72.6 Å². The van der Waals surface area contributed by atoms with Gasteiger partial charge in [-0.05, 0) is 251 Å². The van der Waals surface area contributed by atoms with Gasteiger partial charge in [-0.2, -0.15) is 24.5 Å². The van der Waals surface area contributed by atoms with E-state index in [1.54, 1.807) is 134 Å². The van der Waals surface area contributed by atoms with Crippen LogP contribution in [0.1, 0.15) is 109 Å². The van der Waals surface area contributed by atoms with E-state index in [1.807, 2.05) is 79.0 Å². The maximum atomic E-state index is 15.8. The summed E-state index contributed by atoms with van der Waals surface area (Å²) < 4.78 is 92.3. The van der Waals surface area contributed by atoms with Gasteiger partial charge in [0.25, 0.3) is 23.6 Å². The standard InChI is InChI=1S/C100H99F3N8O16S2/c1-58-36-45-129-93(58)81-35-40-107-87-51-71(27-31-79(81)87)124-63(6)97(117)111-44-15-19-67(55-111)92(98(118)126-90(113)47-65-17-13-42-109(53-65)95(115)61(4)122-70-26-30-78-74(34-39-106-86(78)50-70)82-57-128-56-59(82)2)127-99(119)91(66-18-14-43-110(54-66)96(116)62(5)123-69-25-29-77-73(33-38-105-85(77)49-69)80-21-9-11-23-88(80)120-7)125-89(112)46-64-16-12-41-108(52-64)94(114)60(3)121-68-24-28-76-72(32-37-104-84(76)48-68)75-20-8-10-22-83(75)100(101,102)103/h8-11,20-40,45,48-51,56-57,60-67,91-92H,12-19,41-44,46-47,52-55H2,1-7H3/t60-,61-,62-,63-,64-,65-,66-,67-,91?,92?/m1/s1. The van der Waals surface area contributed by atoms with Gasteiger partial charge in [0, 0.05) is 151 Å². The lowest BCUT2D eigenvalue weighted by molar-refractivity contribution is -0.189. The highest BCUT2D eigenvalue weighted by atomic mass is 32.1. The highest BCUT2D eigenvalue weighted by Gasteiger charge is 2.46. The molecule has 10 atom stereocenters. The number of amides is 4. The monoisotopic (exact) mass is 1790 g/mol. The molecule has 4 amide bonds. The van der Waals surface area contributed by atoms with E-state index in [1.165, 1.54) is 40.3 Å². The number of hydrogen-bond donors (Lipinski definition) is 0. The molecule has 0 saturated carbocycles. The Morgan fingerprint density at radius 2 is 0.829 bits per heavy atom. The number of nitrogens with zero attached hydrogens (tertiary/aromatic N) is 8. The van der Waals surface area contributed by atoms with E-state index in [9.17, 15) is 41.9 Å². The van der Waals surface area contributed by atoms with Gasteiger partial charge < -0.3 is 57.5 Å². The van der Waals surface area contributed by atoms with Gasteiger partial charge in [-0.1, -0.05) is 36.4 Å². The number of methoxy groups -OCH3 is 1. The van der Waals surface area contributed by atoms with Crippen molar-refractivity contribution < 1.29 is 89.4 Å². The molecule has 668 valence electrons. The number of ether oxygens (including phenoxy) is 8. The summed E-state index contributed by atoms with van der Waals surface area (Å²) in [5.74, 6) is -6.81. The highest BCUT2D eigenvalue weighted by molar-refractivity contribution is 7.13. The third kappa shape index (κ3) is 20.3. The number of thiophene rings is 2. The number of aromatic nitrogens is 4. The number of piperidine rings is 4. The van der Waals surface area contributed by atoms with Crippen molar-refractivity contribution in [2.75, 3.05) is 59.5 Å². The molecule has 0 N–H and O–H groups in total. The molecule has 16 rings (SSSR count). The first kappa shape index (κ1) is 89.5. The average molecular weight is 1790 g/mol. The van der Waals surface area contributed by atoms with Crippen molar-refractivity contribution in [1.82, 2.24) is 39.5 Å². The van der Waals surface area contributed by atoms with Gasteiger partial charge in [0.05, 0.1) is 47.6 Å². The zero-order chi connectivity index (χ0) is 90.3. The first-order valence-corrected chi connectivity index (χ1v) is 45.5. The van der Waals surface area contributed by atoms with Gasteiger partial charge in [0.1, 0.15) is 28.7 Å². The minimum absolute atomic E-state index is 0.0230. The second kappa shape index (κ2) is 39.4. The number of hydrogen-bond acceptors (Lipinski definition) is 22. The quantitative estimate of drug-likeness (QED) is 0.0263. The summed E-state index contributed by atoms with van der Waals surface area (Å²) in [4.78, 5) is 145. The van der Waals surface area contributed by atoms with Gasteiger partial charge in [-0.25, -0.2) is 9.59 Å². The predicted octanol–water partition coefficient (Wildman–Crippen LogP) is 18.1. The number of esters is 4. The van der Waals surface area contributed by atoms with E-state index in [2.05, 4.69) is 43.7 Å². The van der Waals surface area contributed by atoms with Crippen molar-refractivity contribution in [3.05, 3.63) is 209 Å². The summed E-state index contributed by atoms with van der Waals surface area (Å²) in [6.45, 7) is 11.5. The number of pyridine rings is 4. The van der Waals surface area contributed by atoms with Crippen molar-refractivity contribution in [1.29, 1.82) is 0 Å². The summed E-state index contributed by atoms with van der Waals surface area (Å²) >= 11 is 3.24. The van der Waals surface area contributed by atoms with E-state index in [-0.39, 0.29) is 82.2 Å². The SMILES string of the molecule is COc1ccccc1-c1ccnc2cc(O[C@H](C)C(=O)N3CCC[C@@H](C(OC(=O)C[C@H]4CCCN(C(=O)[C@@H](C)Oc5ccc6c(-c7ccccc7C(F)(F)F)ccnc6c5)C4)C(=O)OC(C(=O)OC(=O)C[C@H]4CCCN(C(=O)[C@@H](C)Oc5ccc6c(-c7cscc7C)ccnc6c5)C4)[C@@H]4CCCN(C(=O)[C@@H](C)Oc5ccc6c(-c7sccc7C)ccnc6c5)C4)C3)ccc12. The zero-order valence-corrected chi connectivity index (χ0v) is 74.2. The number of carbonyl (C=O) groups excluding carboxylic acids is 8. The summed E-state index contributed by atoms with van der Waals surface area (Å²) in [5.41, 5.74) is 8.88. The van der Waals surface area contributed by atoms with Gasteiger partial charge in [0.15, 0.2) is 24.4 Å². The molecular formula is C100H99F3N8O16S2. The van der Waals surface area contributed by atoms with Crippen LogP contribution in [-0.4, -0.2) is 183 Å². The number of carbonyl (C=O) groups is 8. The van der Waals surface area contributed by atoms with Crippen molar-refractivity contribution in [3.63, 3.8) is 0 Å². The van der Waals surface area contributed by atoms with Gasteiger partial charge in [0.2, 0.25) is 12.2 Å². The van der Waals surface area contributed by atoms with E-state index >= 15 is 9.59 Å². The van der Waals surface area contributed by atoms with Crippen LogP contribution in [0, 0.1) is 37.5 Å². The number of benzene rings is 6. The number of aryl methyl sites for hydroxylation is 2. The molecule has 4 aliphatic heterocycles. The number of rotatable bonds is 27. The molecule has 4 fully saturated rings. The van der Waals surface area contributed by atoms with Gasteiger partial charge in [-0.15, -0.1) is 11.3 Å². The van der Waals surface area contributed by atoms with Crippen LogP contribution in [-0.2, 0) is 58.7 Å². The maximum Gasteiger partial charge on any atom is 0.417 e. The summed E-state index contributed by atoms with van der Waals surface area (Å²) in [5, 5.41) is 9.29. The second-order valence-corrected chi connectivity index (χ2v) is 35.4. The summed E-state index contributed by atoms with van der Waals surface area (Å²) in [7, 11) is 1.60. The van der Waals surface area contributed by atoms with E-state index in [4.69, 9.17) is 37.9 Å². The fourth-order valence-corrected chi connectivity index (χ4v) is 20.2. The molecule has 10 heterocycles. The molecule has 24 nitrogen and oxygen atoms in total. The molecule has 0 radical (unpaired) electrons. The highest BCUT2D eigenvalue weighted by Crippen LogP contribution is 2.43. The van der Waals surface area contributed by atoms with Crippen LogP contribution in [0.5, 0.6) is 28.7 Å². The van der Waals surface area contributed by atoms with Crippen LogP contribution in [0.25, 0.3) is 87.4 Å².